The van der Waals surface area contributed by atoms with Crippen LogP contribution in [0.15, 0.2) is 0 Å². The summed E-state index contributed by atoms with van der Waals surface area (Å²) in [5, 5.41) is 3.50. The van der Waals surface area contributed by atoms with E-state index in [-0.39, 0.29) is 0 Å². The van der Waals surface area contributed by atoms with Gasteiger partial charge in [0.05, 0.1) is 6.10 Å². The minimum atomic E-state index is 0.506. The van der Waals surface area contributed by atoms with E-state index in [0.29, 0.717) is 6.10 Å². The molecule has 3 heteroatoms. The molecule has 2 heterocycles. The van der Waals surface area contributed by atoms with Crippen molar-refractivity contribution < 1.29 is 4.74 Å². The minimum Gasteiger partial charge on any atom is -0.377 e. The van der Waals surface area contributed by atoms with Gasteiger partial charge in [-0.2, -0.15) is 0 Å². The predicted molar refractivity (Wildman–Crippen MR) is 66.7 cm³/mol. The van der Waals surface area contributed by atoms with Gasteiger partial charge in [-0.1, -0.05) is 13.3 Å². The normalized spacial score (nSPS) is 32.8. The number of hydrogen-bond acceptors (Lipinski definition) is 3. The van der Waals surface area contributed by atoms with Crippen LogP contribution in [0.25, 0.3) is 0 Å². The van der Waals surface area contributed by atoms with E-state index in [1.165, 1.54) is 45.2 Å². The van der Waals surface area contributed by atoms with Gasteiger partial charge in [0.1, 0.15) is 0 Å². The smallest absolute Gasteiger partial charge is 0.0702 e. The first-order valence-electron chi connectivity index (χ1n) is 6.96. The van der Waals surface area contributed by atoms with Crippen LogP contribution < -0.4 is 5.32 Å². The number of rotatable bonds is 4. The monoisotopic (exact) mass is 226 g/mol. The zero-order chi connectivity index (χ0) is 11.2. The molecule has 2 saturated heterocycles. The second kappa shape index (κ2) is 6.58. The van der Waals surface area contributed by atoms with Crippen molar-refractivity contribution in [1.82, 2.24) is 10.2 Å². The molecular formula is C13H26N2O. The van der Waals surface area contributed by atoms with Crippen LogP contribution in [0, 0.1) is 0 Å². The third-order valence-corrected chi connectivity index (χ3v) is 3.81. The van der Waals surface area contributed by atoms with Crippen LogP contribution in [0.1, 0.15) is 39.0 Å². The average Bonchev–Trinajstić information content (AvgIpc) is 2.33. The van der Waals surface area contributed by atoms with E-state index in [2.05, 4.69) is 17.1 Å². The first-order chi connectivity index (χ1) is 7.90. The summed E-state index contributed by atoms with van der Waals surface area (Å²) >= 11 is 0. The largest absolute Gasteiger partial charge is 0.377 e. The Morgan fingerprint density at radius 3 is 3.06 bits per heavy atom. The van der Waals surface area contributed by atoms with Gasteiger partial charge in [-0.3, -0.25) is 4.90 Å². The first-order valence-corrected chi connectivity index (χ1v) is 6.96. The van der Waals surface area contributed by atoms with Crippen molar-refractivity contribution in [3.63, 3.8) is 0 Å². The summed E-state index contributed by atoms with van der Waals surface area (Å²) in [6, 6.07) is 0.740. The van der Waals surface area contributed by atoms with Gasteiger partial charge < -0.3 is 10.1 Å². The lowest BCUT2D eigenvalue weighted by atomic mass is 10.0. The molecule has 0 aromatic rings. The van der Waals surface area contributed by atoms with Gasteiger partial charge in [-0.25, -0.2) is 0 Å². The van der Waals surface area contributed by atoms with Crippen LogP contribution in [0.2, 0.25) is 0 Å². The maximum atomic E-state index is 5.85. The van der Waals surface area contributed by atoms with Crippen LogP contribution in [0.5, 0.6) is 0 Å². The molecule has 0 saturated carbocycles. The van der Waals surface area contributed by atoms with E-state index in [9.17, 15) is 0 Å². The van der Waals surface area contributed by atoms with Gasteiger partial charge in [0, 0.05) is 38.8 Å². The molecule has 0 aromatic carbocycles. The second-order valence-corrected chi connectivity index (χ2v) is 5.13. The van der Waals surface area contributed by atoms with Crippen molar-refractivity contribution in [3.05, 3.63) is 0 Å². The summed E-state index contributed by atoms with van der Waals surface area (Å²) in [6.45, 7) is 7.93. The Kier molecular flexibility index (Phi) is 5.07. The molecule has 0 aliphatic carbocycles. The predicted octanol–water partition coefficient (Wildman–Crippen LogP) is 1.63. The van der Waals surface area contributed by atoms with Gasteiger partial charge in [0.15, 0.2) is 0 Å². The first kappa shape index (κ1) is 12.3. The molecule has 0 aromatic heterocycles. The molecule has 0 radical (unpaired) electrons. The Morgan fingerprint density at radius 1 is 1.38 bits per heavy atom. The molecule has 2 unspecified atom stereocenters. The fourth-order valence-electron chi connectivity index (χ4n) is 2.87. The lowest BCUT2D eigenvalue weighted by Crippen LogP contribution is -2.53. The fraction of sp³-hybridized carbons (Fsp3) is 1.00. The number of piperazine rings is 1. The van der Waals surface area contributed by atoms with Gasteiger partial charge in [0.2, 0.25) is 0 Å². The molecule has 0 bridgehead atoms. The topological polar surface area (TPSA) is 24.5 Å². The molecule has 1 N–H and O–H groups in total. The summed E-state index contributed by atoms with van der Waals surface area (Å²) in [5.74, 6) is 0. The fourth-order valence-corrected chi connectivity index (χ4v) is 2.87. The Morgan fingerprint density at radius 2 is 2.31 bits per heavy atom. The lowest BCUT2D eigenvalue weighted by molar-refractivity contribution is -0.0180. The highest BCUT2D eigenvalue weighted by atomic mass is 16.5. The third kappa shape index (κ3) is 3.44. The summed E-state index contributed by atoms with van der Waals surface area (Å²) in [7, 11) is 0. The van der Waals surface area contributed by atoms with Gasteiger partial charge in [-0.15, -0.1) is 0 Å². The summed E-state index contributed by atoms with van der Waals surface area (Å²) in [5.41, 5.74) is 0. The molecule has 2 fully saturated rings. The Bertz CT molecular complexity index is 190. The van der Waals surface area contributed by atoms with Crippen LogP contribution in [-0.4, -0.2) is 49.8 Å². The molecule has 0 spiro atoms. The van der Waals surface area contributed by atoms with Gasteiger partial charge in [-0.05, 0) is 25.7 Å². The van der Waals surface area contributed by atoms with Crippen molar-refractivity contribution in [1.29, 1.82) is 0 Å². The van der Waals surface area contributed by atoms with E-state index < -0.39 is 0 Å². The zero-order valence-corrected chi connectivity index (χ0v) is 10.6. The number of ether oxygens (including phenoxy) is 1. The molecule has 94 valence electrons. The SMILES string of the molecule is CCCC1CNCCN1CC1CCCCO1. The summed E-state index contributed by atoms with van der Waals surface area (Å²) in [4.78, 5) is 2.65. The molecule has 0 amide bonds. The highest BCUT2D eigenvalue weighted by Crippen LogP contribution is 2.17. The molecule has 16 heavy (non-hydrogen) atoms. The third-order valence-electron chi connectivity index (χ3n) is 3.81. The molecule has 2 rings (SSSR count). The molecule has 3 nitrogen and oxygen atoms in total. The van der Waals surface area contributed by atoms with E-state index in [1.807, 2.05) is 0 Å². The van der Waals surface area contributed by atoms with Crippen molar-refractivity contribution in [3.8, 4) is 0 Å². The standard InChI is InChI=1S/C13H26N2O/c1-2-5-12-10-14-7-8-15(12)11-13-6-3-4-9-16-13/h12-14H,2-11H2,1H3. The summed E-state index contributed by atoms with van der Waals surface area (Å²) < 4.78 is 5.85. The van der Waals surface area contributed by atoms with E-state index >= 15 is 0 Å². The van der Waals surface area contributed by atoms with E-state index in [1.54, 1.807) is 0 Å². The van der Waals surface area contributed by atoms with E-state index in [0.717, 1.165) is 25.7 Å². The quantitative estimate of drug-likeness (QED) is 0.788. The highest BCUT2D eigenvalue weighted by molar-refractivity contribution is 4.82. The van der Waals surface area contributed by atoms with Crippen molar-refractivity contribution >= 4 is 0 Å². The maximum Gasteiger partial charge on any atom is 0.0702 e. The van der Waals surface area contributed by atoms with Crippen molar-refractivity contribution in [2.75, 3.05) is 32.8 Å². The number of hydrogen-bond donors (Lipinski definition) is 1. The Hall–Kier alpha value is -0.120. The summed E-state index contributed by atoms with van der Waals surface area (Å²) in [6.07, 6.45) is 6.99. The average molecular weight is 226 g/mol. The van der Waals surface area contributed by atoms with Crippen LogP contribution in [0.4, 0.5) is 0 Å². The van der Waals surface area contributed by atoms with Gasteiger partial charge >= 0.3 is 0 Å². The Balaban J connectivity index is 1.80. The van der Waals surface area contributed by atoms with Crippen molar-refractivity contribution in [2.24, 2.45) is 0 Å². The zero-order valence-electron chi connectivity index (χ0n) is 10.6. The van der Waals surface area contributed by atoms with Crippen LogP contribution in [0.3, 0.4) is 0 Å². The molecule has 2 aliphatic rings. The van der Waals surface area contributed by atoms with Crippen LogP contribution in [-0.2, 0) is 4.74 Å². The molecule has 2 atom stereocenters. The molecule has 2 aliphatic heterocycles. The lowest BCUT2D eigenvalue weighted by Gasteiger charge is -2.39. The number of nitrogens with zero attached hydrogens (tertiary/aromatic N) is 1. The van der Waals surface area contributed by atoms with Gasteiger partial charge in [0.25, 0.3) is 0 Å². The molecular weight excluding hydrogens is 200 g/mol. The van der Waals surface area contributed by atoms with Crippen LogP contribution >= 0.6 is 0 Å². The van der Waals surface area contributed by atoms with E-state index in [4.69, 9.17) is 4.74 Å². The minimum absolute atomic E-state index is 0.506. The number of nitrogens with one attached hydrogen (secondary N) is 1. The van der Waals surface area contributed by atoms with Crippen molar-refractivity contribution in [2.45, 2.75) is 51.2 Å². The maximum absolute atomic E-state index is 5.85. The Labute approximate surface area is 99.5 Å². The highest BCUT2D eigenvalue weighted by Gasteiger charge is 2.25. The second-order valence-electron chi connectivity index (χ2n) is 5.13.